The van der Waals surface area contributed by atoms with E-state index >= 15 is 0 Å². The SMILES string of the molecule is C=C(C)CCCCCCNc1cc2ccccc2cn1. The molecule has 0 bridgehead atoms. The molecule has 2 heteroatoms. The number of anilines is 1. The van der Waals surface area contributed by atoms with Gasteiger partial charge in [-0.05, 0) is 37.6 Å². The van der Waals surface area contributed by atoms with Crippen LogP contribution in [0.15, 0.2) is 48.7 Å². The van der Waals surface area contributed by atoms with Gasteiger partial charge >= 0.3 is 0 Å². The third-order valence-corrected chi connectivity index (χ3v) is 3.47. The highest BCUT2D eigenvalue weighted by molar-refractivity contribution is 5.83. The van der Waals surface area contributed by atoms with Gasteiger partial charge in [0.15, 0.2) is 0 Å². The van der Waals surface area contributed by atoms with Gasteiger partial charge in [-0.2, -0.15) is 0 Å². The van der Waals surface area contributed by atoms with Crippen LogP contribution < -0.4 is 5.32 Å². The number of nitrogens with one attached hydrogen (secondary N) is 1. The molecule has 2 aromatic rings. The molecule has 0 aliphatic carbocycles. The van der Waals surface area contributed by atoms with Crippen LogP contribution in [0.5, 0.6) is 0 Å². The van der Waals surface area contributed by atoms with Crippen LogP contribution in [0, 0.1) is 0 Å². The predicted molar refractivity (Wildman–Crippen MR) is 88.1 cm³/mol. The Hall–Kier alpha value is -1.83. The molecule has 1 aromatic heterocycles. The number of pyridine rings is 1. The van der Waals surface area contributed by atoms with Crippen molar-refractivity contribution in [1.82, 2.24) is 4.98 Å². The summed E-state index contributed by atoms with van der Waals surface area (Å²) in [6.07, 6.45) is 8.13. The lowest BCUT2D eigenvalue weighted by Gasteiger charge is -2.06. The first-order chi connectivity index (χ1) is 9.75. The third-order valence-electron chi connectivity index (χ3n) is 3.47. The monoisotopic (exact) mass is 268 g/mol. The molecule has 0 saturated carbocycles. The number of unbranched alkanes of at least 4 members (excludes halogenated alkanes) is 3. The molecular weight excluding hydrogens is 244 g/mol. The summed E-state index contributed by atoms with van der Waals surface area (Å²) in [5, 5.41) is 5.84. The van der Waals surface area contributed by atoms with Crippen LogP contribution in [0.1, 0.15) is 39.0 Å². The average Bonchev–Trinajstić information content (AvgIpc) is 2.46. The van der Waals surface area contributed by atoms with Crippen LogP contribution in [0.25, 0.3) is 10.8 Å². The lowest BCUT2D eigenvalue weighted by Crippen LogP contribution is -2.03. The van der Waals surface area contributed by atoms with Gasteiger partial charge in [-0.3, -0.25) is 0 Å². The van der Waals surface area contributed by atoms with Gasteiger partial charge in [0.05, 0.1) is 0 Å². The number of aromatic nitrogens is 1. The van der Waals surface area contributed by atoms with Gasteiger partial charge in [0.2, 0.25) is 0 Å². The smallest absolute Gasteiger partial charge is 0.126 e. The van der Waals surface area contributed by atoms with E-state index in [1.165, 1.54) is 48.4 Å². The summed E-state index contributed by atoms with van der Waals surface area (Å²) in [5.41, 5.74) is 1.29. The molecule has 2 nitrogen and oxygen atoms in total. The van der Waals surface area contributed by atoms with Crippen LogP contribution in [-0.2, 0) is 0 Å². The molecule has 20 heavy (non-hydrogen) atoms. The zero-order valence-electron chi connectivity index (χ0n) is 12.4. The fourth-order valence-electron chi connectivity index (χ4n) is 2.30. The Morgan fingerprint density at radius 2 is 1.85 bits per heavy atom. The Kier molecular flexibility index (Phi) is 5.60. The van der Waals surface area contributed by atoms with E-state index in [1.54, 1.807) is 0 Å². The molecule has 0 atom stereocenters. The lowest BCUT2D eigenvalue weighted by atomic mass is 10.1. The van der Waals surface area contributed by atoms with Crippen molar-refractivity contribution < 1.29 is 0 Å². The van der Waals surface area contributed by atoms with Gasteiger partial charge in [0.25, 0.3) is 0 Å². The van der Waals surface area contributed by atoms with Crippen molar-refractivity contribution in [2.24, 2.45) is 0 Å². The average molecular weight is 268 g/mol. The van der Waals surface area contributed by atoms with Crippen LogP contribution in [0.2, 0.25) is 0 Å². The molecule has 0 fully saturated rings. The topological polar surface area (TPSA) is 24.9 Å². The Balaban J connectivity index is 1.69. The molecule has 0 aliphatic rings. The van der Waals surface area contributed by atoms with Crippen LogP contribution >= 0.6 is 0 Å². The van der Waals surface area contributed by atoms with E-state index in [4.69, 9.17) is 0 Å². The molecule has 1 N–H and O–H groups in total. The van der Waals surface area contributed by atoms with Crippen molar-refractivity contribution in [3.63, 3.8) is 0 Å². The van der Waals surface area contributed by atoms with E-state index < -0.39 is 0 Å². The van der Waals surface area contributed by atoms with Crippen LogP contribution in [-0.4, -0.2) is 11.5 Å². The number of nitrogens with zero attached hydrogens (tertiary/aromatic N) is 1. The minimum atomic E-state index is 0.977. The molecular formula is C18H24N2. The second kappa shape index (κ2) is 7.68. The van der Waals surface area contributed by atoms with Gasteiger partial charge in [0, 0.05) is 18.1 Å². The summed E-state index contributed by atoms with van der Waals surface area (Å²) in [6, 6.07) is 10.4. The normalized spacial score (nSPS) is 10.7. The number of fused-ring (bicyclic) bond motifs is 1. The standard InChI is InChI=1S/C18H24N2/c1-15(2)9-5-3-4-8-12-19-18-13-16-10-6-7-11-17(16)14-20-18/h6-7,10-11,13-14H,1,3-5,8-9,12H2,2H3,(H,19,20). The Morgan fingerprint density at radius 3 is 2.65 bits per heavy atom. The van der Waals surface area contributed by atoms with Crippen molar-refractivity contribution >= 4 is 16.6 Å². The van der Waals surface area contributed by atoms with Gasteiger partial charge < -0.3 is 5.32 Å². The fraction of sp³-hybridized carbons (Fsp3) is 0.389. The van der Waals surface area contributed by atoms with E-state index in [1.807, 2.05) is 12.3 Å². The quantitative estimate of drug-likeness (QED) is 0.527. The molecule has 0 amide bonds. The third kappa shape index (κ3) is 4.69. The van der Waals surface area contributed by atoms with E-state index in [9.17, 15) is 0 Å². The molecule has 0 aliphatic heterocycles. The molecule has 0 spiro atoms. The van der Waals surface area contributed by atoms with Gasteiger partial charge in [-0.15, -0.1) is 6.58 Å². The van der Waals surface area contributed by atoms with Crippen molar-refractivity contribution in [1.29, 1.82) is 0 Å². The highest BCUT2D eigenvalue weighted by Gasteiger charge is 1.97. The fourth-order valence-corrected chi connectivity index (χ4v) is 2.30. The van der Waals surface area contributed by atoms with Crippen LogP contribution in [0.3, 0.4) is 0 Å². The molecule has 106 valence electrons. The van der Waals surface area contributed by atoms with E-state index in [0.29, 0.717) is 0 Å². The Labute approximate surface area is 121 Å². The molecule has 1 aromatic carbocycles. The van der Waals surface area contributed by atoms with Crippen molar-refractivity contribution in [3.05, 3.63) is 48.7 Å². The number of benzene rings is 1. The second-order valence-corrected chi connectivity index (χ2v) is 5.46. The highest BCUT2D eigenvalue weighted by atomic mass is 15.0. The zero-order valence-corrected chi connectivity index (χ0v) is 12.4. The second-order valence-electron chi connectivity index (χ2n) is 5.46. The van der Waals surface area contributed by atoms with Crippen molar-refractivity contribution in [2.45, 2.75) is 39.0 Å². The number of hydrogen-bond donors (Lipinski definition) is 1. The summed E-state index contributed by atoms with van der Waals surface area (Å²) < 4.78 is 0. The van der Waals surface area contributed by atoms with E-state index in [2.05, 4.69) is 48.1 Å². The summed E-state index contributed by atoms with van der Waals surface area (Å²) >= 11 is 0. The molecule has 0 saturated heterocycles. The molecule has 0 radical (unpaired) electrons. The molecule has 0 unspecified atom stereocenters. The maximum Gasteiger partial charge on any atom is 0.126 e. The van der Waals surface area contributed by atoms with E-state index in [-0.39, 0.29) is 0 Å². The summed E-state index contributed by atoms with van der Waals surface area (Å²) in [7, 11) is 0. The van der Waals surface area contributed by atoms with Crippen molar-refractivity contribution in [2.75, 3.05) is 11.9 Å². The first-order valence-corrected chi connectivity index (χ1v) is 7.49. The number of hydrogen-bond acceptors (Lipinski definition) is 2. The van der Waals surface area contributed by atoms with Gasteiger partial charge in [0.1, 0.15) is 5.82 Å². The minimum absolute atomic E-state index is 0.977. The minimum Gasteiger partial charge on any atom is -0.370 e. The van der Waals surface area contributed by atoms with Crippen molar-refractivity contribution in [3.8, 4) is 0 Å². The highest BCUT2D eigenvalue weighted by Crippen LogP contribution is 2.16. The summed E-state index contributed by atoms with van der Waals surface area (Å²) in [6.45, 7) is 7.04. The summed E-state index contributed by atoms with van der Waals surface area (Å²) in [4.78, 5) is 4.44. The zero-order chi connectivity index (χ0) is 14.2. The number of rotatable bonds is 8. The lowest BCUT2D eigenvalue weighted by molar-refractivity contribution is 0.652. The maximum absolute atomic E-state index is 4.44. The first kappa shape index (κ1) is 14.6. The molecule has 1 heterocycles. The largest absolute Gasteiger partial charge is 0.370 e. The van der Waals surface area contributed by atoms with E-state index in [0.717, 1.165) is 12.4 Å². The Morgan fingerprint density at radius 1 is 1.10 bits per heavy atom. The predicted octanol–water partition coefficient (Wildman–Crippen LogP) is 5.17. The van der Waals surface area contributed by atoms with Crippen LogP contribution in [0.4, 0.5) is 5.82 Å². The first-order valence-electron chi connectivity index (χ1n) is 7.49. The number of allylic oxidation sites excluding steroid dienone is 1. The van der Waals surface area contributed by atoms with Gasteiger partial charge in [-0.25, -0.2) is 4.98 Å². The summed E-state index contributed by atoms with van der Waals surface area (Å²) in [5.74, 6) is 0.977. The maximum atomic E-state index is 4.44. The molecule has 2 rings (SSSR count). The van der Waals surface area contributed by atoms with Gasteiger partial charge in [-0.1, -0.05) is 42.7 Å². The Bertz CT molecular complexity index is 560.